The Morgan fingerprint density at radius 2 is 0.667 bits per heavy atom. The van der Waals surface area contributed by atoms with E-state index in [0.717, 1.165) is 47.0 Å². The number of para-hydroxylation sites is 3. The van der Waals surface area contributed by atoms with Gasteiger partial charge in [0.05, 0.1) is 29.9 Å². The average molecular weight is 1550 g/mol. The number of hydrogen-bond acceptors (Lipinski definition) is 3. The highest BCUT2D eigenvalue weighted by Gasteiger charge is 2.38. The van der Waals surface area contributed by atoms with E-state index >= 15 is 0 Å². The van der Waals surface area contributed by atoms with Crippen LogP contribution in [0.4, 0.5) is 34.1 Å². The molecule has 0 N–H and O–H groups in total. The van der Waals surface area contributed by atoms with Gasteiger partial charge in [-0.15, -0.1) is 0 Å². The van der Waals surface area contributed by atoms with Crippen molar-refractivity contribution in [1.82, 2.24) is 9.13 Å². The van der Waals surface area contributed by atoms with Gasteiger partial charge in [0.25, 0.3) is 0 Å². The molecule has 0 saturated heterocycles. The zero-order chi connectivity index (χ0) is 81.8. The molecule has 2 atom stereocenters. The first-order chi connectivity index (χ1) is 58.7. The molecule has 0 spiro atoms. The van der Waals surface area contributed by atoms with Crippen LogP contribution in [0.15, 0.2) is 382 Å². The highest BCUT2D eigenvalue weighted by Crippen LogP contribution is 2.54. The zero-order valence-corrected chi connectivity index (χ0v) is 70.1. The Morgan fingerprint density at radius 1 is 0.292 bits per heavy atom. The number of ether oxygens (including phenoxy) is 1. The van der Waals surface area contributed by atoms with Crippen LogP contribution in [0.1, 0.15) is 125 Å². The summed E-state index contributed by atoms with van der Waals surface area (Å²) in [6.45, 7) is 19.8. The van der Waals surface area contributed by atoms with Crippen LogP contribution in [-0.2, 0) is 35.8 Å². The molecule has 5 nitrogen and oxygen atoms in total. The normalized spacial score (nSPS) is 13.3. The fourth-order valence-electron chi connectivity index (χ4n) is 18.9. The van der Waals surface area contributed by atoms with Crippen molar-refractivity contribution in [2.45, 2.75) is 104 Å². The molecule has 0 radical (unpaired) electrons. The average Bonchev–Trinajstić information content (AvgIpc) is 1.58. The quantitative estimate of drug-likeness (QED) is 0.0760. The molecule has 0 bridgehead atoms. The van der Waals surface area contributed by atoms with E-state index in [4.69, 9.17) is 4.74 Å². The third-order valence-corrected chi connectivity index (χ3v) is 26.0. The molecular formula is C115H100N4O. The first-order valence-electron chi connectivity index (χ1n) is 42.7. The Balaban J connectivity index is 0.000000159. The van der Waals surface area contributed by atoms with Gasteiger partial charge < -0.3 is 23.7 Å². The number of anilines is 6. The van der Waals surface area contributed by atoms with E-state index < -0.39 is 0 Å². The number of hydrogen-bond donors (Lipinski definition) is 0. The summed E-state index contributed by atoms with van der Waals surface area (Å²) < 4.78 is 10.8. The lowest BCUT2D eigenvalue weighted by Gasteiger charge is -2.28. The first kappa shape index (κ1) is 76.4. The minimum absolute atomic E-state index is 0.112. The van der Waals surface area contributed by atoms with Gasteiger partial charge in [-0.2, -0.15) is 0 Å². The van der Waals surface area contributed by atoms with Crippen molar-refractivity contribution >= 4 is 66.8 Å². The van der Waals surface area contributed by atoms with Crippen LogP contribution in [-0.4, -0.2) is 9.13 Å². The molecule has 586 valence electrons. The van der Waals surface area contributed by atoms with Gasteiger partial charge in [0, 0.05) is 84.9 Å². The Bertz CT molecular complexity index is 6760. The van der Waals surface area contributed by atoms with Gasteiger partial charge in [-0.05, 0) is 245 Å². The second-order valence-corrected chi connectivity index (χ2v) is 33.9. The van der Waals surface area contributed by atoms with Crippen LogP contribution < -0.4 is 9.80 Å². The van der Waals surface area contributed by atoms with Gasteiger partial charge in [-0.3, -0.25) is 0 Å². The van der Waals surface area contributed by atoms with Gasteiger partial charge in [-0.25, -0.2) is 0 Å². The summed E-state index contributed by atoms with van der Waals surface area (Å²) in [5.41, 5.74) is 39.5. The van der Waals surface area contributed by atoms with Crippen LogP contribution in [0, 0.1) is 0 Å². The van der Waals surface area contributed by atoms with Gasteiger partial charge in [0.1, 0.15) is 0 Å². The highest BCUT2D eigenvalue weighted by molar-refractivity contribution is 6.11. The van der Waals surface area contributed by atoms with Gasteiger partial charge in [-0.1, -0.05) is 328 Å². The number of aryl methyl sites for hydroxylation is 1. The summed E-state index contributed by atoms with van der Waals surface area (Å²) in [5, 5.41) is 3.77. The molecule has 2 unspecified atom stereocenters. The summed E-state index contributed by atoms with van der Waals surface area (Å²) in [6, 6.07) is 141. The van der Waals surface area contributed by atoms with E-state index in [-0.39, 0.29) is 10.8 Å². The SMILES string of the molecule is CCC(C)c1ccc(COCc2ccc(-c3ccc(N(c4ccc(-c5c(-c6ccccc6)n(C)c6ccccc56)cc4)c4ccc5c(c4)C(C)(C)c4ccccc4-5)cc3)cc2)cc1.CCC(C)c1ccc2c(c1)C(C)(C)c1cc(N(c3ccc(-c4ccccc4)cc3)c3ccc(-c4ccc5c(c4)c4ccccc4n5-c4ccccc4)cc3)ccc1-2. The molecular weight excluding hydrogens is 1450 g/mol. The summed E-state index contributed by atoms with van der Waals surface area (Å²) in [7, 11) is 2.18. The Hall–Kier alpha value is -13.6. The Kier molecular flexibility index (Phi) is 20.4. The maximum absolute atomic E-state index is 6.13. The van der Waals surface area contributed by atoms with Crippen molar-refractivity contribution in [3.8, 4) is 83.7 Å². The van der Waals surface area contributed by atoms with Crippen LogP contribution in [0.5, 0.6) is 0 Å². The van der Waals surface area contributed by atoms with Gasteiger partial charge >= 0.3 is 0 Å². The molecule has 2 heterocycles. The third-order valence-electron chi connectivity index (χ3n) is 26.0. The van der Waals surface area contributed by atoms with E-state index in [0.29, 0.717) is 25.0 Å². The second-order valence-electron chi connectivity index (χ2n) is 33.9. The number of aromatic nitrogens is 2. The molecule has 18 aromatic rings. The molecule has 2 aromatic heterocycles. The van der Waals surface area contributed by atoms with E-state index in [2.05, 4.69) is 464 Å². The fraction of sp³-hybridized carbons (Fsp3) is 0.148. The summed E-state index contributed by atoms with van der Waals surface area (Å²) in [4.78, 5) is 4.83. The lowest BCUT2D eigenvalue weighted by atomic mass is 9.81. The minimum atomic E-state index is -0.112. The summed E-state index contributed by atoms with van der Waals surface area (Å²) >= 11 is 0. The number of rotatable bonds is 20. The first-order valence-corrected chi connectivity index (χ1v) is 42.7. The lowest BCUT2D eigenvalue weighted by molar-refractivity contribution is 0.107. The minimum Gasteiger partial charge on any atom is -0.372 e. The number of benzene rings is 16. The van der Waals surface area contributed by atoms with E-state index in [1.807, 2.05) is 0 Å². The topological polar surface area (TPSA) is 25.6 Å². The maximum Gasteiger partial charge on any atom is 0.0721 e. The van der Waals surface area contributed by atoms with Crippen molar-refractivity contribution in [3.05, 3.63) is 427 Å². The van der Waals surface area contributed by atoms with Gasteiger partial charge in [0.2, 0.25) is 0 Å². The fourth-order valence-corrected chi connectivity index (χ4v) is 18.9. The van der Waals surface area contributed by atoms with Gasteiger partial charge in [0.15, 0.2) is 0 Å². The molecule has 0 aliphatic heterocycles. The largest absolute Gasteiger partial charge is 0.372 e. The van der Waals surface area contributed by atoms with Crippen molar-refractivity contribution in [1.29, 1.82) is 0 Å². The lowest BCUT2D eigenvalue weighted by Crippen LogP contribution is -2.17. The van der Waals surface area contributed by atoms with Crippen molar-refractivity contribution in [3.63, 3.8) is 0 Å². The van der Waals surface area contributed by atoms with E-state index in [9.17, 15) is 0 Å². The Morgan fingerprint density at radius 3 is 1.22 bits per heavy atom. The summed E-state index contributed by atoms with van der Waals surface area (Å²) in [5.74, 6) is 1.12. The van der Waals surface area contributed by atoms with Crippen LogP contribution in [0.25, 0.3) is 116 Å². The van der Waals surface area contributed by atoms with Crippen molar-refractivity contribution in [2.24, 2.45) is 7.05 Å². The molecule has 0 amide bonds. The molecule has 16 aromatic carbocycles. The summed E-state index contributed by atoms with van der Waals surface area (Å²) in [6.07, 6.45) is 2.29. The van der Waals surface area contributed by atoms with Crippen LogP contribution >= 0.6 is 0 Å². The zero-order valence-electron chi connectivity index (χ0n) is 70.1. The highest BCUT2D eigenvalue weighted by atomic mass is 16.5. The predicted octanol–water partition coefficient (Wildman–Crippen LogP) is 31.6. The Labute approximate surface area is 707 Å². The third kappa shape index (κ3) is 14.1. The van der Waals surface area contributed by atoms with E-state index in [1.54, 1.807) is 0 Å². The molecule has 120 heavy (non-hydrogen) atoms. The molecule has 0 saturated carbocycles. The maximum atomic E-state index is 6.13. The number of nitrogens with zero attached hydrogens (tertiary/aromatic N) is 4. The number of fused-ring (bicyclic) bond motifs is 10. The molecule has 2 aliphatic carbocycles. The monoisotopic (exact) mass is 1550 g/mol. The smallest absolute Gasteiger partial charge is 0.0721 e. The second kappa shape index (κ2) is 32.0. The predicted molar refractivity (Wildman–Crippen MR) is 508 cm³/mol. The molecule has 5 heteroatoms. The van der Waals surface area contributed by atoms with Crippen molar-refractivity contribution in [2.75, 3.05) is 9.80 Å². The molecule has 20 rings (SSSR count). The van der Waals surface area contributed by atoms with E-state index in [1.165, 1.54) is 161 Å². The van der Waals surface area contributed by atoms with Crippen molar-refractivity contribution < 1.29 is 4.74 Å². The molecule has 2 aliphatic rings. The molecule has 0 fully saturated rings. The standard InChI is InChI=1S/C60H54N2O.C55H46N2/c1-6-41(2)44-24-20-42(21-25-44)39-63-40-43-22-26-45(27-23-43)46-28-32-49(33-29-46)62(51-36-37-53-52-16-10-12-18-55(52)60(3,4)56(53)38-51)50-34-30-47(31-35-50)58-54-17-11-13-19-57(54)61(5)59(58)48-14-8-7-9-15-48;1-5-37(2)41-24-31-47-48-32-30-46(36-52(48)55(3,4)51(47)35-41)56(44-26-20-39(21-27-44)38-14-8-6-9-15-38)45-28-22-40(23-29-45)42-25-33-54-50(34-42)49-18-12-13-19-53(49)57(54)43-16-10-7-11-17-43/h7-38,41H,6,39-40H2,1-5H3;6-37H,5H2,1-4H3. The van der Waals surface area contributed by atoms with Crippen LogP contribution in [0.2, 0.25) is 0 Å². The van der Waals surface area contributed by atoms with Crippen LogP contribution in [0.3, 0.4) is 0 Å².